The van der Waals surface area contributed by atoms with Gasteiger partial charge < -0.3 is 5.32 Å². The molecule has 1 aliphatic heterocycles. The zero-order chi connectivity index (χ0) is 12.4. The predicted octanol–water partition coefficient (Wildman–Crippen LogP) is 2.62. The van der Waals surface area contributed by atoms with Gasteiger partial charge >= 0.3 is 0 Å². The quantitative estimate of drug-likeness (QED) is 0.890. The first-order chi connectivity index (χ1) is 8.84. The molecule has 0 radical (unpaired) electrons. The van der Waals surface area contributed by atoms with Crippen LogP contribution in [-0.4, -0.2) is 22.9 Å². The van der Waals surface area contributed by atoms with Gasteiger partial charge in [-0.2, -0.15) is 5.10 Å². The summed E-state index contributed by atoms with van der Waals surface area (Å²) in [5.41, 5.74) is 3.09. The highest BCUT2D eigenvalue weighted by Crippen LogP contribution is 2.36. The number of nitrogens with zero attached hydrogens (tertiary/aromatic N) is 2. The van der Waals surface area contributed by atoms with Crippen molar-refractivity contribution in [3.8, 4) is 0 Å². The van der Waals surface area contributed by atoms with E-state index in [1.807, 2.05) is 0 Å². The molecule has 0 aromatic carbocycles. The molecule has 1 aromatic heterocycles. The number of aromatic nitrogens is 2. The Balaban J connectivity index is 1.74. The van der Waals surface area contributed by atoms with Gasteiger partial charge in [0.15, 0.2) is 0 Å². The molecule has 1 aromatic rings. The van der Waals surface area contributed by atoms with Crippen LogP contribution < -0.4 is 5.32 Å². The van der Waals surface area contributed by atoms with Crippen molar-refractivity contribution in [3.63, 3.8) is 0 Å². The maximum absolute atomic E-state index is 4.53. The Morgan fingerprint density at radius 3 is 2.67 bits per heavy atom. The molecule has 1 saturated heterocycles. The molecule has 0 bridgehead atoms. The summed E-state index contributed by atoms with van der Waals surface area (Å²) in [4.78, 5) is 0. The zero-order valence-corrected chi connectivity index (χ0v) is 11.5. The van der Waals surface area contributed by atoms with Gasteiger partial charge in [0.05, 0.1) is 6.20 Å². The van der Waals surface area contributed by atoms with Gasteiger partial charge in [-0.25, -0.2) is 0 Å². The van der Waals surface area contributed by atoms with E-state index in [4.69, 9.17) is 0 Å². The van der Waals surface area contributed by atoms with Gasteiger partial charge in [-0.1, -0.05) is 12.8 Å². The third-order valence-corrected chi connectivity index (χ3v) is 4.83. The molecule has 0 unspecified atom stereocenters. The van der Waals surface area contributed by atoms with Gasteiger partial charge in [-0.05, 0) is 62.6 Å². The number of aryl methyl sites for hydroxylation is 1. The molecule has 1 saturated carbocycles. The van der Waals surface area contributed by atoms with Crippen molar-refractivity contribution < 1.29 is 0 Å². The van der Waals surface area contributed by atoms with E-state index in [9.17, 15) is 0 Å². The molecule has 1 aliphatic carbocycles. The van der Waals surface area contributed by atoms with Crippen LogP contribution >= 0.6 is 0 Å². The zero-order valence-electron chi connectivity index (χ0n) is 11.5. The molecule has 0 atom stereocenters. The summed E-state index contributed by atoms with van der Waals surface area (Å²) in [6, 6.07) is 0. The molecule has 3 heteroatoms. The second-order valence-electron chi connectivity index (χ2n) is 6.05. The summed E-state index contributed by atoms with van der Waals surface area (Å²) in [5, 5.41) is 7.98. The van der Waals surface area contributed by atoms with Crippen LogP contribution in [0.5, 0.6) is 0 Å². The monoisotopic (exact) mass is 247 g/mol. The molecule has 2 aliphatic rings. The number of nitrogens with one attached hydrogen (secondary N) is 1. The molecule has 1 N–H and O–H groups in total. The summed E-state index contributed by atoms with van der Waals surface area (Å²) < 4.78 is 2.13. The summed E-state index contributed by atoms with van der Waals surface area (Å²) >= 11 is 0. The normalized spacial score (nSPS) is 22.7. The summed E-state index contributed by atoms with van der Waals surface area (Å²) in [5.74, 6) is 1.66. The number of rotatable bonds is 3. The lowest BCUT2D eigenvalue weighted by molar-refractivity contribution is 0.364. The van der Waals surface area contributed by atoms with Gasteiger partial charge in [0.25, 0.3) is 0 Å². The van der Waals surface area contributed by atoms with Crippen LogP contribution in [0.15, 0.2) is 6.20 Å². The molecular formula is C15H25N3. The molecule has 18 heavy (non-hydrogen) atoms. The lowest BCUT2D eigenvalue weighted by Gasteiger charge is -2.23. The van der Waals surface area contributed by atoms with Crippen molar-refractivity contribution in [1.82, 2.24) is 15.1 Å². The highest BCUT2D eigenvalue weighted by molar-refractivity contribution is 5.24. The van der Waals surface area contributed by atoms with E-state index < -0.39 is 0 Å². The smallest absolute Gasteiger partial charge is 0.0527 e. The first-order valence-corrected chi connectivity index (χ1v) is 7.56. The minimum Gasteiger partial charge on any atom is -0.317 e. The topological polar surface area (TPSA) is 29.9 Å². The van der Waals surface area contributed by atoms with E-state index in [1.54, 1.807) is 5.56 Å². The van der Waals surface area contributed by atoms with Crippen LogP contribution in [-0.2, 0) is 13.5 Å². The molecular weight excluding hydrogens is 222 g/mol. The Kier molecular flexibility index (Phi) is 3.69. The van der Waals surface area contributed by atoms with Crippen LogP contribution in [0.4, 0.5) is 0 Å². The minimum absolute atomic E-state index is 0.801. The van der Waals surface area contributed by atoms with Crippen molar-refractivity contribution in [2.45, 2.75) is 50.9 Å². The maximum Gasteiger partial charge on any atom is 0.0527 e. The van der Waals surface area contributed by atoms with Crippen LogP contribution in [0, 0.1) is 5.92 Å². The fourth-order valence-corrected chi connectivity index (χ4v) is 3.67. The van der Waals surface area contributed by atoms with Crippen LogP contribution in [0.1, 0.15) is 55.7 Å². The number of hydrogen-bond donors (Lipinski definition) is 1. The first-order valence-electron chi connectivity index (χ1n) is 7.56. The Hall–Kier alpha value is -0.830. The van der Waals surface area contributed by atoms with Crippen molar-refractivity contribution in [3.05, 3.63) is 17.5 Å². The van der Waals surface area contributed by atoms with E-state index in [-0.39, 0.29) is 0 Å². The third kappa shape index (κ3) is 2.46. The molecule has 0 spiro atoms. The second kappa shape index (κ2) is 5.43. The summed E-state index contributed by atoms with van der Waals surface area (Å²) in [7, 11) is 2.12. The fourth-order valence-electron chi connectivity index (χ4n) is 3.67. The highest BCUT2D eigenvalue weighted by atomic mass is 15.3. The van der Waals surface area contributed by atoms with E-state index in [0.29, 0.717) is 0 Å². The lowest BCUT2D eigenvalue weighted by Crippen LogP contribution is -2.29. The van der Waals surface area contributed by atoms with Crippen LogP contribution in [0.2, 0.25) is 0 Å². The van der Waals surface area contributed by atoms with E-state index >= 15 is 0 Å². The average Bonchev–Trinajstić information content (AvgIpc) is 3.02. The lowest BCUT2D eigenvalue weighted by atomic mass is 9.89. The van der Waals surface area contributed by atoms with Crippen molar-refractivity contribution in [1.29, 1.82) is 0 Å². The van der Waals surface area contributed by atoms with Crippen LogP contribution in [0.25, 0.3) is 0 Å². The van der Waals surface area contributed by atoms with Crippen molar-refractivity contribution >= 4 is 0 Å². The molecule has 2 fully saturated rings. The Bertz CT molecular complexity index is 384. The Labute approximate surface area is 110 Å². The molecule has 2 heterocycles. The number of hydrogen-bond acceptors (Lipinski definition) is 2. The largest absolute Gasteiger partial charge is 0.317 e. The summed E-state index contributed by atoms with van der Waals surface area (Å²) in [6.07, 6.45) is 11.6. The first kappa shape index (κ1) is 12.2. The van der Waals surface area contributed by atoms with E-state index in [1.165, 1.54) is 63.7 Å². The van der Waals surface area contributed by atoms with E-state index in [2.05, 4.69) is 28.3 Å². The van der Waals surface area contributed by atoms with Crippen molar-refractivity contribution in [2.24, 2.45) is 13.0 Å². The Morgan fingerprint density at radius 1 is 1.22 bits per heavy atom. The van der Waals surface area contributed by atoms with Crippen molar-refractivity contribution in [2.75, 3.05) is 13.1 Å². The van der Waals surface area contributed by atoms with Crippen LogP contribution in [0.3, 0.4) is 0 Å². The van der Waals surface area contributed by atoms with E-state index in [0.717, 1.165) is 11.8 Å². The summed E-state index contributed by atoms with van der Waals surface area (Å²) in [6.45, 7) is 2.39. The second-order valence-corrected chi connectivity index (χ2v) is 6.05. The highest BCUT2D eigenvalue weighted by Gasteiger charge is 2.24. The van der Waals surface area contributed by atoms with Gasteiger partial charge in [0, 0.05) is 12.7 Å². The SMILES string of the molecule is Cn1ncc(C2CCCC2)c1CC1CCNCC1. The minimum atomic E-state index is 0.801. The molecule has 3 rings (SSSR count). The third-order valence-electron chi connectivity index (χ3n) is 4.83. The Morgan fingerprint density at radius 2 is 1.94 bits per heavy atom. The average molecular weight is 247 g/mol. The molecule has 0 amide bonds. The number of piperidine rings is 1. The molecule has 3 nitrogen and oxygen atoms in total. The van der Waals surface area contributed by atoms with Gasteiger partial charge in [-0.3, -0.25) is 4.68 Å². The standard InChI is InChI=1S/C15H25N3/c1-18-15(10-12-6-8-16-9-7-12)14(11-17-18)13-4-2-3-5-13/h11-13,16H,2-10H2,1H3. The molecule has 100 valence electrons. The van der Waals surface area contributed by atoms with Gasteiger partial charge in [-0.15, -0.1) is 0 Å². The van der Waals surface area contributed by atoms with Gasteiger partial charge in [0.2, 0.25) is 0 Å². The maximum atomic E-state index is 4.53. The predicted molar refractivity (Wildman–Crippen MR) is 73.7 cm³/mol. The fraction of sp³-hybridized carbons (Fsp3) is 0.800. The van der Waals surface area contributed by atoms with Gasteiger partial charge in [0.1, 0.15) is 0 Å².